The summed E-state index contributed by atoms with van der Waals surface area (Å²) in [6.45, 7) is 0. The van der Waals surface area contributed by atoms with Crippen LogP contribution in [-0.2, 0) is 4.74 Å². The largest absolute Gasteiger partial charge is 0.487 e. The summed E-state index contributed by atoms with van der Waals surface area (Å²) in [5, 5.41) is 0. The second kappa shape index (κ2) is 5.87. The van der Waals surface area contributed by atoms with Crippen molar-refractivity contribution in [3.8, 4) is 17.4 Å². The number of carbonyl (C=O) groups excluding carboxylic acids is 1. The number of rotatable bonds is 4. The second-order valence-corrected chi connectivity index (χ2v) is 3.69. The fraction of sp³-hybridized carbons (Fsp3) is 0.154. The highest BCUT2D eigenvalue weighted by Crippen LogP contribution is 2.25. The van der Waals surface area contributed by atoms with Gasteiger partial charge in [-0.25, -0.2) is 9.78 Å². The molecule has 0 saturated heterocycles. The number of aromatic amines is 1. The Balaban J connectivity index is 2.25. The molecule has 1 N–H and O–H groups in total. The molecule has 2 aromatic rings. The molecule has 0 unspecified atom stereocenters. The molecule has 1 aromatic carbocycles. The Kier molecular flexibility index (Phi) is 3.99. The van der Waals surface area contributed by atoms with Crippen LogP contribution in [0.2, 0.25) is 0 Å². The van der Waals surface area contributed by atoms with Crippen LogP contribution in [0.25, 0.3) is 0 Å². The Morgan fingerprint density at radius 1 is 1.20 bits per heavy atom. The number of hydrogen-bond donors (Lipinski definition) is 1. The fourth-order valence-corrected chi connectivity index (χ4v) is 1.51. The number of nitrogens with zero attached hydrogens (tertiary/aromatic N) is 1. The summed E-state index contributed by atoms with van der Waals surface area (Å²) in [6.07, 6.45) is 1.21. The number of esters is 1. The average molecular weight is 276 g/mol. The molecule has 0 bridgehead atoms. The van der Waals surface area contributed by atoms with Crippen molar-refractivity contribution in [1.82, 2.24) is 9.97 Å². The Bertz CT molecular complexity index is 663. The lowest BCUT2D eigenvalue weighted by atomic mass is 10.2. The lowest BCUT2D eigenvalue weighted by molar-refractivity contribution is 0.0600. The van der Waals surface area contributed by atoms with Crippen LogP contribution in [0.4, 0.5) is 0 Å². The van der Waals surface area contributed by atoms with E-state index in [2.05, 4.69) is 14.7 Å². The molecule has 7 heteroatoms. The molecule has 0 saturated carbocycles. The van der Waals surface area contributed by atoms with Gasteiger partial charge in [0.2, 0.25) is 5.75 Å². The normalized spacial score (nSPS) is 9.90. The van der Waals surface area contributed by atoms with Crippen LogP contribution in [0.1, 0.15) is 10.4 Å². The van der Waals surface area contributed by atoms with Gasteiger partial charge in [-0.15, -0.1) is 0 Å². The van der Waals surface area contributed by atoms with Gasteiger partial charge in [-0.2, -0.15) is 0 Å². The van der Waals surface area contributed by atoms with Crippen LogP contribution >= 0.6 is 0 Å². The predicted molar refractivity (Wildman–Crippen MR) is 69.3 cm³/mol. The number of carbonyl (C=O) groups is 1. The van der Waals surface area contributed by atoms with E-state index in [1.165, 1.54) is 20.5 Å². The molecule has 0 aliphatic heterocycles. The smallest absolute Gasteiger partial charge is 0.337 e. The first-order valence-corrected chi connectivity index (χ1v) is 5.63. The number of ether oxygens (including phenoxy) is 3. The molecule has 1 heterocycles. The predicted octanol–water partition coefficient (Wildman–Crippen LogP) is 1.36. The molecule has 0 atom stereocenters. The van der Waals surface area contributed by atoms with E-state index in [0.717, 1.165) is 0 Å². The lowest BCUT2D eigenvalue weighted by Crippen LogP contribution is -2.11. The van der Waals surface area contributed by atoms with Crippen molar-refractivity contribution in [3.05, 3.63) is 46.5 Å². The van der Waals surface area contributed by atoms with E-state index in [1.54, 1.807) is 24.3 Å². The van der Waals surface area contributed by atoms with Crippen molar-refractivity contribution >= 4 is 5.97 Å². The van der Waals surface area contributed by atoms with E-state index < -0.39 is 11.5 Å². The minimum atomic E-state index is -0.441. The number of aromatic nitrogens is 2. The third-order valence-electron chi connectivity index (χ3n) is 2.47. The maximum Gasteiger partial charge on any atom is 0.337 e. The second-order valence-electron chi connectivity index (χ2n) is 3.69. The van der Waals surface area contributed by atoms with Crippen molar-refractivity contribution in [3.63, 3.8) is 0 Å². The number of H-pyrrole nitrogens is 1. The average Bonchev–Trinajstić information content (AvgIpc) is 2.47. The summed E-state index contributed by atoms with van der Waals surface area (Å²) in [6, 6.07) is 6.21. The first-order chi connectivity index (χ1) is 9.65. The molecule has 2 rings (SSSR count). The molecular formula is C13H12N2O5. The molecule has 0 aliphatic carbocycles. The highest BCUT2D eigenvalue weighted by molar-refractivity contribution is 5.89. The summed E-state index contributed by atoms with van der Waals surface area (Å²) >= 11 is 0. The Hall–Kier alpha value is -2.83. The third-order valence-corrected chi connectivity index (χ3v) is 2.47. The summed E-state index contributed by atoms with van der Waals surface area (Å²) in [4.78, 5) is 29.0. The molecule has 20 heavy (non-hydrogen) atoms. The summed E-state index contributed by atoms with van der Waals surface area (Å²) in [5.74, 6) is -0.0101. The zero-order chi connectivity index (χ0) is 14.5. The molecular weight excluding hydrogens is 264 g/mol. The molecule has 0 spiro atoms. The number of hydrogen-bond acceptors (Lipinski definition) is 6. The van der Waals surface area contributed by atoms with Gasteiger partial charge in [-0.05, 0) is 24.3 Å². The van der Waals surface area contributed by atoms with E-state index in [4.69, 9.17) is 9.47 Å². The van der Waals surface area contributed by atoms with Gasteiger partial charge in [0.15, 0.2) is 0 Å². The SMILES string of the molecule is COC(=O)c1ccc(Oc2nc[nH]c(=O)c2OC)cc1. The van der Waals surface area contributed by atoms with Gasteiger partial charge in [0.25, 0.3) is 11.4 Å². The van der Waals surface area contributed by atoms with Gasteiger partial charge >= 0.3 is 5.97 Å². The van der Waals surface area contributed by atoms with Crippen LogP contribution in [0.15, 0.2) is 35.4 Å². The topological polar surface area (TPSA) is 90.5 Å². The quantitative estimate of drug-likeness (QED) is 0.848. The van der Waals surface area contributed by atoms with Gasteiger partial charge in [0, 0.05) is 0 Å². The minimum Gasteiger partial charge on any atom is -0.487 e. The maximum atomic E-state index is 11.5. The summed E-state index contributed by atoms with van der Waals surface area (Å²) < 4.78 is 15.0. The van der Waals surface area contributed by atoms with Crippen LogP contribution in [0.3, 0.4) is 0 Å². The van der Waals surface area contributed by atoms with Gasteiger partial charge in [0.05, 0.1) is 26.1 Å². The van der Waals surface area contributed by atoms with E-state index in [-0.39, 0.29) is 11.6 Å². The van der Waals surface area contributed by atoms with Gasteiger partial charge < -0.3 is 19.2 Å². The number of benzene rings is 1. The highest BCUT2D eigenvalue weighted by atomic mass is 16.5. The van der Waals surface area contributed by atoms with Crippen molar-refractivity contribution in [2.24, 2.45) is 0 Å². The molecule has 0 fully saturated rings. The van der Waals surface area contributed by atoms with Gasteiger partial charge in [-0.3, -0.25) is 4.79 Å². The first kappa shape index (κ1) is 13.6. The molecule has 104 valence electrons. The molecule has 0 aliphatic rings. The molecule has 7 nitrogen and oxygen atoms in total. The van der Waals surface area contributed by atoms with Gasteiger partial charge in [-0.1, -0.05) is 0 Å². The fourth-order valence-electron chi connectivity index (χ4n) is 1.51. The van der Waals surface area contributed by atoms with E-state index >= 15 is 0 Å². The molecule has 0 amide bonds. The first-order valence-electron chi connectivity index (χ1n) is 5.63. The van der Waals surface area contributed by atoms with E-state index in [0.29, 0.717) is 11.3 Å². The highest BCUT2D eigenvalue weighted by Gasteiger charge is 2.12. The van der Waals surface area contributed by atoms with Crippen LogP contribution in [0, 0.1) is 0 Å². The minimum absolute atomic E-state index is 0.0236. The lowest BCUT2D eigenvalue weighted by Gasteiger charge is -2.08. The number of nitrogens with one attached hydrogen (secondary N) is 1. The molecule has 0 radical (unpaired) electrons. The van der Waals surface area contributed by atoms with Crippen molar-refractivity contribution in [1.29, 1.82) is 0 Å². The van der Waals surface area contributed by atoms with E-state index in [9.17, 15) is 9.59 Å². The third kappa shape index (κ3) is 2.77. The van der Waals surface area contributed by atoms with Crippen LogP contribution < -0.4 is 15.0 Å². The Labute approximate surface area is 114 Å². The maximum absolute atomic E-state index is 11.5. The van der Waals surface area contributed by atoms with Crippen LogP contribution in [-0.4, -0.2) is 30.2 Å². The zero-order valence-corrected chi connectivity index (χ0v) is 10.9. The van der Waals surface area contributed by atoms with Crippen molar-refractivity contribution in [2.45, 2.75) is 0 Å². The van der Waals surface area contributed by atoms with Crippen molar-refractivity contribution in [2.75, 3.05) is 14.2 Å². The molecule has 1 aromatic heterocycles. The monoisotopic (exact) mass is 276 g/mol. The summed E-state index contributed by atoms with van der Waals surface area (Å²) in [5.41, 5.74) is -0.0469. The number of methoxy groups -OCH3 is 2. The van der Waals surface area contributed by atoms with E-state index in [1.807, 2.05) is 0 Å². The Morgan fingerprint density at radius 3 is 2.50 bits per heavy atom. The van der Waals surface area contributed by atoms with Crippen molar-refractivity contribution < 1.29 is 19.0 Å². The van der Waals surface area contributed by atoms with Gasteiger partial charge in [0.1, 0.15) is 5.75 Å². The standard InChI is InChI=1S/C13H12N2O5/c1-18-10-11(16)14-7-15-12(10)20-9-5-3-8(4-6-9)13(17)19-2/h3-7H,1-2H3,(H,14,15,16). The van der Waals surface area contributed by atoms with Crippen LogP contribution in [0.5, 0.6) is 17.4 Å². The summed E-state index contributed by atoms with van der Waals surface area (Å²) in [7, 11) is 2.65. The zero-order valence-electron chi connectivity index (χ0n) is 10.9. The Morgan fingerprint density at radius 2 is 1.90 bits per heavy atom.